The van der Waals surface area contributed by atoms with E-state index in [9.17, 15) is 13.2 Å². The van der Waals surface area contributed by atoms with E-state index in [1.54, 1.807) is 36.4 Å². The van der Waals surface area contributed by atoms with Crippen molar-refractivity contribution in [3.8, 4) is 0 Å². The van der Waals surface area contributed by atoms with Crippen molar-refractivity contribution in [3.63, 3.8) is 0 Å². The second-order valence-electron chi connectivity index (χ2n) is 5.28. The predicted octanol–water partition coefficient (Wildman–Crippen LogP) is 1.83. The number of carbonyl (C=O) groups excluding carboxylic acids is 1. The van der Waals surface area contributed by atoms with Gasteiger partial charge in [0.25, 0.3) is 0 Å². The minimum atomic E-state index is -3.85. The van der Waals surface area contributed by atoms with E-state index < -0.39 is 15.9 Å². The number of halogens is 1. The van der Waals surface area contributed by atoms with Crippen LogP contribution in [0.3, 0.4) is 0 Å². The molecule has 0 aliphatic rings. The third-order valence-corrected chi connectivity index (χ3v) is 5.47. The number of amides is 1. The quantitative estimate of drug-likeness (QED) is 0.463. The first-order chi connectivity index (χ1) is 11.3. The molecular weight excluding hydrogens is 350 g/mol. The van der Waals surface area contributed by atoms with Gasteiger partial charge in [-0.05, 0) is 36.8 Å². The van der Waals surface area contributed by atoms with Crippen LogP contribution in [-0.2, 0) is 21.4 Å². The number of nitrogens with one attached hydrogen (secondary N) is 1. The van der Waals surface area contributed by atoms with Crippen molar-refractivity contribution in [2.75, 3.05) is 6.54 Å². The van der Waals surface area contributed by atoms with Gasteiger partial charge in [-0.1, -0.05) is 41.4 Å². The van der Waals surface area contributed by atoms with E-state index in [2.05, 4.69) is 0 Å². The summed E-state index contributed by atoms with van der Waals surface area (Å²) in [6.45, 7) is 1.51. The Balaban J connectivity index is 2.35. The number of hydrogen-bond donors (Lipinski definition) is 2. The zero-order chi connectivity index (χ0) is 17.7. The van der Waals surface area contributed by atoms with E-state index in [0.29, 0.717) is 10.6 Å². The molecule has 0 radical (unpaired) electrons. The van der Waals surface area contributed by atoms with Gasteiger partial charge in [-0.2, -0.15) is 4.31 Å². The summed E-state index contributed by atoms with van der Waals surface area (Å²) in [5, 5.41) is 0.548. The zero-order valence-corrected chi connectivity index (χ0v) is 14.6. The molecule has 0 fully saturated rings. The van der Waals surface area contributed by atoms with Gasteiger partial charge in [0.2, 0.25) is 15.9 Å². The lowest BCUT2D eigenvalue weighted by molar-refractivity contribution is -0.121. The minimum absolute atomic E-state index is 0.0286. The number of hydrazine groups is 1. The summed E-state index contributed by atoms with van der Waals surface area (Å²) in [6, 6.07) is 13.2. The number of carbonyl (C=O) groups is 1. The lowest BCUT2D eigenvalue weighted by Gasteiger charge is -2.21. The van der Waals surface area contributed by atoms with E-state index in [1.807, 2.05) is 12.3 Å². The van der Waals surface area contributed by atoms with E-state index in [1.165, 1.54) is 12.1 Å². The van der Waals surface area contributed by atoms with Gasteiger partial charge in [0.1, 0.15) is 0 Å². The normalized spacial score (nSPS) is 11.5. The standard InChI is InChI=1S/C16H18ClN3O3S/c1-12-2-8-15(9-3-12)24(22,23)20(11-16(21)19-18)10-13-4-6-14(17)7-5-13/h2-9H,10-11,18H2,1H3,(H,19,21). The van der Waals surface area contributed by atoms with Gasteiger partial charge >= 0.3 is 0 Å². The van der Waals surface area contributed by atoms with E-state index >= 15 is 0 Å². The molecule has 2 aromatic carbocycles. The average molecular weight is 368 g/mol. The zero-order valence-electron chi connectivity index (χ0n) is 13.1. The third kappa shape index (κ3) is 4.55. The van der Waals surface area contributed by atoms with Crippen LogP contribution in [-0.4, -0.2) is 25.2 Å². The molecule has 128 valence electrons. The molecule has 0 aliphatic carbocycles. The van der Waals surface area contributed by atoms with Crippen molar-refractivity contribution in [3.05, 3.63) is 64.7 Å². The molecule has 6 nitrogen and oxygen atoms in total. The van der Waals surface area contributed by atoms with Crippen LogP contribution in [0.15, 0.2) is 53.4 Å². The van der Waals surface area contributed by atoms with E-state index in [4.69, 9.17) is 17.4 Å². The molecule has 2 rings (SSSR count). The van der Waals surface area contributed by atoms with Crippen LogP contribution in [0.4, 0.5) is 0 Å². The summed E-state index contributed by atoms with van der Waals surface area (Å²) < 4.78 is 26.8. The highest BCUT2D eigenvalue weighted by Crippen LogP contribution is 2.19. The number of aryl methyl sites for hydroxylation is 1. The van der Waals surface area contributed by atoms with Crippen molar-refractivity contribution in [2.45, 2.75) is 18.4 Å². The maximum atomic E-state index is 12.8. The Morgan fingerprint density at radius 2 is 1.71 bits per heavy atom. The summed E-state index contributed by atoms with van der Waals surface area (Å²) >= 11 is 5.84. The predicted molar refractivity (Wildman–Crippen MR) is 92.6 cm³/mol. The van der Waals surface area contributed by atoms with Gasteiger partial charge in [0.05, 0.1) is 11.4 Å². The lowest BCUT2D eigenvalue weighted by atomic mass is 10.2. The molecular formula is C16H18ClN3O3S. The second-order valence-corrected chi connectivity index (χ2v) is 7.65. The lowest BCUT2D eigenvalue weighted by Crippen LogP contribution is -2.42. The molecule has 0 aliphatic heterocycles. The van der Waals surface area contributed by atoms with Crippen LogP contribution in [0.5, 0.6) is 0 Å². The van der Waals surface area contributed by atoms with Crippen LogP contribution in [0, 0.1) is 6.92 Å². The van der Waals surface area contributed by atoms with Gasteiger partial charge in [0.15, 0.2) is 0 Å². The van der Waals surface area contributed by atoms with Gasteiger partial charge in [0, 0.05) is 11.6 Å². The molecule has 0 spiro atoms. The Morgan fingerprint density at radius 1 is 1.12 bits per heavy atom. The van der Waals surface area contributed by atoms with Crippen molar-refractivity contribution in [1.82, 2.24) is 9.73 Å². The molecule has 0 unspecified atom stereocenters. The fraction of sp³-hybridized carbons (Fsp3) is 0.188. The summed E-state index contributed by atoms with van der Waals surface area (Å²) in [7, 11) is -3.85. The third-order valence-electron chi connectivity index (χ3n) is 3.41. The number of nitrogens with two attached hydrogens (primary N) is 1. The Bertz CT molecular complexity index is 805. The summed E-state index contributed by atoms with van der Waals surface area (Å²) in [5.74, 6) is 4.50. The summed E-state index contributed by atoms with van der Waals surface area (Å²) in [5.41, 5.74) is 3.61. The first-order valence-electron chi connectivity index (χ1n) is 7.13. The monoisotopic (exact) mass is 367 g/mol. The second kappa shape index (κ2) is 7.76. The van der Waals surface area contributed by atoms with Gasteiger partial charge in [-0.15, -0.1) is 0 Å². The maximum Gasteiger partial charge on any atom is 0.249 e. The molecule has 0 bridgehead atoms. The van der Waals surface area contributed by atoms with E-state index in [-0.39, 0.29) is 18.0 Å². The van der Waals surface area contributed by atoms with Crippen LogP contribution in [0.2, 0.25) is 5.02 Å². The topological polar surface area (TPSA) is 92.5 Å². The first-order valence-corrected chi connectivity index (χ1v) is 8.95. The molecule has 3 N–H and O–H groups in total. The number of benzene rings is 2. The minimum Gasteiger partial charge on any atom is -0.293 e. The number of rotatable bonds is 6. The number of hydrogen-bond acceptors (Lipinski definition) is 4. The number of sulfonamides is 1. The van der Waals surface area contributed by atoms with Gasteiger partial charge in [-0.3, -0.25) is 10.2 Å². The first kappa shape index (κ1) is 18.4. The molecule has 0 aromatic heterocycles. The van der Waals surface area contributed by atoms with Crippen LogP contribution < -0.4 is 11.3 Å². The Labute approximate surface area is 146 Å². The van der Waals surface area contributed by atoms with Crippen molar-refractivity contribution >= 4 is 27.5 Å². The molecule has 8 heteroatoms. The molecule has 2 aromatic rings. The van der Waals surface area contributed by atoms with Crippen LogP contribution >= 0.6 is 11.6 Å². The van der Waals surface area contributed by atoms with Gasteiger partial charge in [-0.25, -0.2) is 14.3 Å². The summed E-state index contributed by atoms with van der Waals surface area (Å²) in [4.78, 5) is 11.8. The molecule has 1 amide bonds. The maximum absolute atomic E-state index is 12.8. The van der Waals surface area contributed by atoms with Crippen molar-refractivity contribution in [2.24, 2.45) is 5.84 Å². The number of nitrogens with zero attached hydrogens (tertiary/aromatic N) is 1. The molecule has 0 heterocycles. The van der Waals surface area contributed by atoms with Crippen LogP contribution in [0.1, 0.15) is 11.1 Å². The molecule has 0 atom stereocenters. The van der Waals surface area contributed by atoms with E-state index in [0.717, 1.165) is 9.87 Å². The fourth-order valence-corrected chi connectivity index (χ4v) is 3.59. The van der Waals surface area contributed by atoms with Crippen LogP contribution in [0.25, 0.3) is 0 Å². The van der Waals surface area contributed by atoms with Crippen molar-refractivity contribution in [1.29, 1.82) is 0 Å². The highest BCUT2D eigenvalue weighted by molar-refractivity contribution is 7.89. The smallest absolute Gasteiger partial charge is 0.249 e. The Hall–Kier alpha value is -1.93. The Kier molecular flexibility index (Phi) is 5.95. The van der Waals surface area contributed by atoms with Gasteiger partial charge < -0.3 is 0 Å². The molecule has 0 saturated carbocycles. The Morgan fingerprint density at radius 3 is 2.25 bits per heavy atom. The highest BCUT2D eigenvalue weighted by atomic mass is 35.5. The van der Waals surface area contributed by atoms with Crippen molar-refractivity contribution < 1.29 is 13.2 Å². The highest BCUT2D eigenvalue weighted by Gasteiger charge is 2.26. The largest absolute Gasteiger partial charge is 0.293 e. The fourth-order valence-electron chi connectivity index (χ4n) is 2.08. The SMILES string of the molecule is Cc1ccc(S(=O)(=O)N(CC(=O)NN)Cc2ccc(Cl)cc2)cc1. The molecule has 0 saturated heterocycles. The average Bonchev–Trinajstić information content (AvgIpc) is 2.56. The summed E-state index contributed by atoms with van der Waals surface area (Å²) in [6.07, 6.45) is 0. The molecule has 24 heavy (non-hydrogen) atoms.